The summed E-state index contributed by atoms with van der Waals surface area (Å²) in [5.41, 5.74) is 0.915. The first kappa shape index (κ1) is 14.8. The van der Waals surface area contributed by atoms with Crippen LogP contribution >= 0.6 is 27.5 Å². The fourth-order valence-electron chi connectivity index (χ4n) is 1.69. The Morgan fingerprint density at radius 2 is 1.90 bits per heavy atom. The molecule has 6 heteroatoms. The molecule has 1 unspecified atom stereocenters. The molecular formula is C14H10BrClFNO2. The zero-order valence-electron chi connectivity index (χ0n) is 10.1. The van der Waals surface area contributed by atoms with Crippen molar-refractivity contribution >= 4 is 39.2 Å². The quantitative estimate of drug-likeness (QED) is 0.847. The highest BCUT2D eigenvalue weighted by Crippen LogP contribution is 2.25. The van der Waals surface area contributed by atoms with Gasteiger partial charge >= 0.3 is 5.97 Å². The van der Waals surface area contributed by atoms with Crippen LogP contribution in [0.2, 0.25) is 5.02 Å². The van der Waals surface area contributed by atoms with Crippen molar-refractivity contribution in [2.45, 2.75) is 6.04 Å². The minimum Gasteiger partial charge on any atom is -0.479 e. The second-order valence-electron chi connectivity index (χ2n) is 4.10. The Kier molecular flexibility index (Phi) is 4.62. The summed E-state index contributed by atoms with van der Waals surface area (Å²) < 4.78 is 13.8. The first-order valence-corrected chi connectivity index (χ1v) is 6.84. The molecule has 0 aliphatic heterocycles. The topological polar surface area (TPSA) is 49.3 Å². The molecule has 0 spiro atoms. The Balaban J connectivity index is 2.29. The van der Waals surface area contributed by atoms with E-state index in [0.29, 0.717) is 16.3 Å². The lowest BCUT2D eigenvalue weighted by atomic mass is 10.1. The van der Waals surface area contributed by atoms with Crippen molar-refractivity contribution in [1.82, 2.24) is 0 Å². The van der Waals surface area contributed by atoms with Crippen molar-refractivity contribution < 1.29 is 14.3 Å². The molecule has 1 atom stereocenters. The predicted molar refractivity (Wildman–Crippen MR) is 79.6 cm³/mol. The summed E-state index contributed by atoms with van der Waals surface area (Å²) >= 11 is 8.80. The van der Waals surface area contributed by atoms with E-state index in [9.17, 15) is 14.3 Å². The van der Waals surface area contributed by atoms with E-state index < -0.39 is 17.8 Å². The number of hydrogen-bond donors (Lipinski definition) is 2. The van der Waals surface area contributed by atoms with Gasteiger partial charge in [0.15, 0.2) is 6.04 Å². The standard InChI is InChI=1S/C14H10BrClFNO2/c15-11-6-1-8(7-12(11)17)13(14(19)20)18-10-4-2-9(16)3-5-10/h1-7,13,18H,(H,19,20). The van der Waals surface area contributed by atoms with Crippen LogP contribution in [0.1, 0.15) is 11.6 Å². The first-order chi connectivity index (χ1) is 9.47. The van der Waals surface area contributed by atoms with Crippen LogP contribution in [0.4, 0.5) is 10.1 Å². The van der Waals surface area contributed by atoms with Gasteiger partial charge in [-0.05, 0) is 57.9 Å². The molecule has 0 aromatic heterocycles. The summed E-state index contributed by atoms with van der Waals surface area (Å²) in [5.74, 6) is -1.60. The van der Waals surface area contributed by atoms with Crippen molar-refractivity contribution in [3.05, 3.63) is 63.3 Å². The van der Waals surface area contributed by atoms with Gasteiger partial charge in [0.1, 0.15) is 5.82 Å². The molecule has 0 radical (unpaired) electrons. The summed E-state index contributed by atoms with van der Waals surface area (Å²) in [6, 6.07) is 9.78. The van der Waals surface area contributed by atoms with Crippen LogP contribution in [0.15, 0.2) is 46.9 Å². The molecule has 104 valence electrons. The molecule has 0 amide bonds. The van der Waals surface area contributed by atoms with Crippen LogP contribution in [0.5, 0.6) is 0 Å². The highest BCUT2D eigenvalue weighted by Gasteiger charge is 2.20. The first-order valence-electron chi connectivity index (χ1n) is 5.67. The normalized spacial score (nSPS) is 11.9. The highest BCUT2D eigenvalue weighted by atomic mass is 79.9. The SMILES string of the molecule is O=C(O)C(Nc1ccc(Cl)cc1)c1ccc(Br)c(F)c1. The number of carboxylic acid groups (broad SMARTS) is 1. The van der Waals surface area contributed by atoms with E-state index >= 15 is 0 Å². The van der Waals surface area contributed by atoms with Crippen molar-refractivity contribution in [2.24, 2.45) is 0 Å². The minimum absolute atomic E-state index is 0.289. The Morgan fingerprint density at radius 1 is 1.25 bits per heavy atom. The molecule has 0 saturated heterocycles. The number of anilines is 1. The molecule has 0 saturated carbocycles. The van der Waals surface area contributed by atoms with Crippen LogP contribution < -0.4 is 5.32 Å². The molecule has 0 aliphatic carbocycles. The van der Waals surface area contributed by atoms with Gasteiger partial charge in [-0.3, -0.25) is 0 Å². The average molecular weight is 359 g/mol. The summed E-state index contributed by atoms with van der Waals surface area (Å²) in [4.78, 5) is 11.3. The lowest BCUT2D eigenvalue weighted by molar-refractivity contribution is -0.138. The maximum absolute atomic E-state index is 13.5. The van der Waals surface area contributed by atoms with Crippen molar-refractivity contribution in [2.75, 3.05) is 5.32 Å². The van der Waals surface area contributed by atoms with E-state index in [1.807, 2.05) is 0 Å². The van der Waals surface area contributed by atoms with Gasteiger partial charge in [-0.15, -0.1) is 0 Å². The van der Waals surface area contributed by atoms with Crippen molar-refractivity contribution in [3.63, 3.8) is 0 Å². The van der Waals surface area contributed by atoms with Crippen LogP contribution in [-0.2, 0) is 4.79 Å². The fourth-order valence-corrected chi connectivity index (χ4v) is 2.06. The number of carbonyl (C=O) groups is 1. The van der Waals surface area contributed by atoms with Crippen LogP contribution in [0, 0.1) is 5.82 Å². The number of hydrogen-bond acceptors (Lipinski definition) is 2. The summed E-state index contributed by atoms with van der Waals surface area (Å²) in [6.45, 7) is 0. The average Bonchev–Trinajstić information content (AvgIpc) is 2.41. The number of nitrogens with one attached hydrogen (secondary N) is 1. The number of rotatable bonds is 4. The molecule has 0 heterocycles. The van der Waals surface area contributed by atoms with Gasteiger partial charge in [0.2, 0.25) is 0 Å². The smallest absolute Gasteiger partial charge is 0.330 e. The lowest BCUT2D eigenvalue weighted by Crippen LogP contribution is -2.20. The predicted octanol–water partition coefficient (Wildman–Crippen LogP) is 4.48. The third-order valence-corrected chi connectivity index (χ3v) is 3.57. The monoisotopic (exact) mass is 357 g/mol. The molecule has 2 aromatic rings. The van der Waals surface area contributed by atoms with Gasteiger partial charge in [-0.2, -0.15) is 0 Å². The van der Waals surface area contributed by atoms with E-state index in [0.717, 1.165) is 0 Å². The van der Waals surface area contributed by atoms with E-state index in [1.165, 1.54) is 12.1 Å². The lowest BCUT2D eigenvalue weighted by Gasteiger charge is -2.16. The number of halogens is 3. The third-order valence-electron chi connectivity index (χ3n) is 2.68. The van der Waals surface area contributed by atoms with Gasteiger partial charge in [0.25, 0.3) is 0 Å². The van der Waals surface area contributed by atoms with Gasteiger partial charge in [-0.25, -0.2) is 9.18 Å². The maximum Gasteiger partial charge on any atom is 0.330 e. The van der Waals surface area contributed by atoms with E-state index in [-0.39, 0.29) is 4.47 Å². The van der Waals surface area contributed by atoms with Crippen LogP contribution in [0.3, 0.4) is 0 Å². The largest absolute Gasteiger partial charge is 0.479 e. The Morgan fingerprint density at radius 3 is 2.45 bits per heavy atom. The summed E-state index contributed by atoms with van der Waals surface area (Å²) in [6.07, 6.45) is 0. The van der Waals surface area contributed by atoms with Gasteiger partial charge in [0, 0.05) is 10.7 Å². The molecule has 0 fully saturated rings. The van der Waals surface area contributed by atoms with Gasteiger partial charge in [0.05, 0.1) is 4.47 Å². The summed E-state index contributed by atoms with van der Waals surface area (Å²) in [5, 5.41) is 12.7. The zero-order valence-corrected chi connectivity index (χ0v) is 12.5. The molecule has 2 rings (SSSR count). The Labute approximate surface area is 128 Å². The van der Waals surface area contributed by atoms with Crippen LogP contribution in [0.25, 0.3) is 0 Å². The Bertz CT molecular complexity index is 634. The maximum atomic E-state index is 13.5. The van der Waals surface area contributed by atoms with E-state index in [4.69, 9.17) is 11.6 Å². The number of carboxylic acids is 1. The minimum atomic E-state index is -1.10. The molecule has 2 aromatic carbocycles. The summed E-state index contributed by atoms with van der Waals surface area (Å²) in [7, 11) is 0. The van der Waals surface area contributed by atoms with Crippen molar-refractivity contribution in [3.8, 4) is 0 Å². The third kappa shape index (κ3) is 3.49. The molecule has 3 nitrogen and oxygen atoms in total. The highest BCUT2D eigenvalue weighted by molar-refractivity contribution is 9.10. The van der Waals surface area contributed by atoms with E-state index in [1.54, 1.807) is 30.3 Å². The second-order valence-corrected chi connectivity index (χ2v) is 5.39. The second kappa shape index (κ2) is 6.24. The van der Waals surface area contributed by atoms with Crippen LogP contribution in [-0.4, -0.2) is 11.1 Å². The van der Waals surface area contributed by atoms with Crippen molar-refractivity contribution in [1.29, 1.82) is 0 Å². The van der Waals surface area contributed by atoms with Gasteiger partial charge in [-0.1, -0.05) is 17.7 Å². The molecule has 0 bridgehead atoms. The van der Waals surface area contributed by atoms with Gasteiger partial charge < -0.3 is 10.4 Å². The Hall–Kier alpha value is -1.59. The molecule has 20 heavy (non-hydrogen) atoms. The number of benzene rings is 2. The number of aliphatic carboxylic acids is 1. The van der Waals surface area contributed by atoms with E-state index in [2.05, 4.69) is 21.2 Å². The zero-order chi connectivity index (χ0) is 14.7. The molecule has 0 aliphatic rings. The molecule has 2 N–H and O–H groups in total. The molecular weight excluding hydrogens is 349 g/mol. The fraction of sp³-hybridized carbons (Fsp3) is 0.0714.